The van der Waals surface area contributed by atoms with Crippen molar-refractivity contribution in [2.75, 3.05) is 13.2 Å². The zero-order valence-electron chi connectivity index (χ0n) is 14.7. The minimum absolute atomic E-state index is 0.945. The van der Waals surface area contributed by atoms with Gasteiger partial charge in [0.25, 0.3) is 0 Å². The molecule has 1 rings (SSSR count). The van der Waals surface area contributed by atoms with Gasteiger partial charge in [0.1, 0.15) is 0 Å². The van der Waals surface area contributed by atoms with Crippen molar-refractivity contribution in [3.8, 4) is 0 Å². The van der Waals surface area contributed by atoms with Gasteiger partial charge >= 0.3 is 0 Å². The van der Waals surface area contributed by atoms with E-state index in [4.69, 9.17) is 4.74 Å². The summed E-state index contributed by atoms with van der Waals surface area (Å²) in [4.78, 5) is 0. The van der Waals surface area contributed by atoms with E-state index in [1.165, 1.54) is 96.3 Å². The van der Waals surface area contributed by atoms with E-state index in [1.807, 2.05) is 0 Å². The van der Waals surface area contributed by atoms with E-state index >= 15 is 0 Å². The third kappa shape index (κ3) is 14.7. The van der Waals surface area contributed by atoms with Gasteiger partial charge in [-0.2, -0.15) is 0 Å². The van der Waals surface area contributed by atoms with Crippen LogP contribution in [-0.4, -0.2) is 13.2 Å². The molecule has 1 fully saturated rings. The predicted molar refractivity (Wildman–Crippen MR) is 93.9 cm³/mol. The van der Waals surface area contributed by atoms with Crippen molar-refractivity contribution in [2.45, 2.75) is 110 Å². The highest BCUT2D eigenvalue weighted by Crippen LogP contribution is 2.34. The molecule has 0 aliphatic heterocycles. The molecular weight excluding hydrogens is 256 g/mol. The molecule has 1 aliphatic carbocycles. The summed E-state index contributed by atoms with van der Waals surface area (Å²) < 4.78 is 5.50. The standard InChI is InChI=1S/C20H40O/c1-2-18-21-19-14-12-10-8-6-4-3-5-7-9-11-13-15-20-16-17-20/h20H,2-19H2,1H3. The first-order chi connectivity index (χ1) is 10.4. The van der Waals surface area contributed by atoms with E-state index in [-0.39, 0.29) is 0 Å². The predicted octanol–water partition coefficient (Wildman–Crippen LogP) is 6.89. The lowest BCUT2D eigenvalue weighted by molar-refractivity contribution is 0.130. The lowest BCUT2D eigenvalue weighted by Crippen LogP contribution is -1.95. The Balaban J connectivity index is 1.59. The van der Waals surface area contributed by atoms with Crippen LogP contribution in [0.4, 0.5) is 0 Å². The Labute approximate surface area is 134 Å². The lowest BCUT2D eigenvalue weighted by Gasteiger charge is -2.04. The van der Waals surface area contributed by atoms with E-state index in [1.54, 1.807) is 0 Å². The van der Waals surface area contributed by atoms with Crippen LogP contribution in [0.15, 0.2) is 0 Å². The first-order valence-corrected chi connectivity index (χ1v) is 10.0. The number of rotatable bonds is 17. The van der Waals surface area contributed by atoms with Gasteiger partial charge in [-0.25, -0.2) is 0 Å². The van der Waals surface area contributed by atoms with E-state index in [0.717, 1.165) is 25.6 Å². The molecule has 0 heterocycles. The highest BCUT2D eigenvalue weighted by molar-refractivity contribution is 4.72. The summed E-state index contributed by atoms with van der Waals surface area (Å²) in [5.41, 5.74) is 0. The molecule has 0 aromatic heterocycles. The molecule has 0 unspecified atom stereocenters. The minimum atomic E-state index is 0.945. The fourth-order valence-corrected chi connectivity index (χ4v) is 3.06. The fourth-order valence-electron chi connectivity index (χ4n) is 3.06. The van der Waals surface area contributed by atoms with Gasteiger partial charge in [-0.15, -0.1) is 0 Å². The molecule has 1 aliphatic rings. The number of hydrogen-bond acceptors (Lipinski definition) is 1. The molecule has 0 bridgehead atoms. The molecule has 0 N–H and O–H groups in total. The zero-order valence-corrected chi connectivity index (χ0v) is 14.7. The maximum atomic E-state index is 5.50. The average molecular weight is 297 g/mol. The minimum Gasteiger partial charge on any atom is -0.381 e. The van der Waals surface area contributed by atoms with E-state index in [9.17, 15) is 0 Å². The van der Waals surface area contributed by atoms with Gasteiger partial charge in [-0.05, 0) is 18.8 Å². The largest absolute Gasteiger partial charge is 0.381 e. The third-order valence-electron chi connectivity index (χ3n) is 4.70. The Morgan fingerprint density at radius 3 is 1.57 bits per heavy atom. The molecule has 0 atom stereocenters. The smallest absolute Gasteiger partial charge is 0.0466 e. The van der Waals surface area contributed by atoms with Gasteiger partial charge in [-0.1, -0.05) is 96.8 Å². The van der Waals surface area contributed by atoms with Crippen molar-refractivity contribution in [1.82, 2.24) is 0 Å². The number of ether oxygens (including phenoxy) is 1. The molecule has 1 heteroatoms. The molecule has 0 spiro atoms. The molecule has 0 saturated heterocycles. The van der Waals surface area contributed by atoms with Gasteiger partial charge < -0.3 is 4.74 Å². The van der Waals surface area contributed by atoms with Crippen molar-refractivity contribution >= 4 is 0 Å². The summed E-state index contributed by atoms with van der Waals surface area (Å²) in [6.45, 7) is 4.10. The topological polar surface area (TPSA) is 9.23 Å². The van der Waals surface area contributed by atoms with E-state index in [0.29, 0.717) is 0 Å². The van der Waals surface area contributed by atoms with Crippen molar-refractivity contribution in [3.05, 3.63) is 0 Å². The van der Waals surface area contributed by atoms with Gasteiger partial charge in [-0.3, -0.25) is 0 Å². The van der Waals surface area contributed by atoms with Crippen LogP contribution in [0, 0.1) is 5.92 Å². The monoisotopic (exact) mass is 296 g/mol. The van der Waals surface area contributed by atoms with Crippen LogP contribution in [0.25, 0.3) is 0 Å². The first kappa shape index (κ1) is 19.0. The molecular formula is C20H40O. The highest BCUT2D eigenvalue weighted by Gasteiger charge is 2.19. The molecule has 126 valence electrons. The highest BCUT2D eigenvalue weighted by atomic mass is 16.5. The van der Waals surface area contributed by atoms with Crippen molar-refractivity contribution < 1.29 is 4.74 Å². The second kappa shape index (κ2) is 14.9. The fraction of sp³-hybridized carbons (Fsp3) is 1.00. The Bertz CT molecular complexity index is 198. The Morgan fingerprint density at radius 2 is 1.10 bits per heavy atom. The Hall–Kier alpha value is -0.0400. The van der Waals surface area contributed by atoms with Crippen LogP contribution >= 0.6 is 0 Å². The SMILES string of the molecule is CCCOCCCCCCCCCCCCCCC1CC1. The first-order valence-electron chi connectivity index (χ1n) is 10.0. The quantitative estimate of drug-likeness (QED) is 0.265. The molecule has 1 saturated carbocycles. The third-order valence-corrected chi connectivity index (χ3v) is 4.70. The van der Waals surface area contributed by atoms with Crippen LogP contribution in [-0.2, 0) is 4.74 Å². The molecule has 1 nitrogen and oxygen atoms in total. The maximum absolute atomic E-state index is 5.50. The van der Waals surface area contributed by atoms with E-state index in [2.05, 4.69) is 6.92 Å². The summed E-state index contributed by atoms with van der Waals surface area (Å²) in [5.74, 6) is 1.14. The Kier molecular flexibility index (Phi) is 13.5. The molecule has 0 amide bonds. The molecule has 0 aromatic carbocycles. The molecule has 21 heavy (non-hydrogen) atoms. The van der Waals surface area contributed by atoms with E-state index < -0.39 is 0 Å². The number of unbranched alkanes of at least 4 members (excludes halogenated alkanes) is 11. The van der Waals surface area contributed by atoms with Gasteiger partial charge in [0.15, 0.2) is 0 Å². The molecule has 0 radical (unpaired) electrons. The summed E-state index contributed by atoms with van der Waals surface area (Å²) in [7, 11) is 0. The van der Waals surface area contributed by atoms with Crippen LogP contribution in [0.3, 0.4) is 0 Å². The summed E-state index contributed by atoms with van der Waals surface area (Å²) in [6, 6.07) is 0. The summed E-state index contributed by atoms with van der Waals surface area (Å²) in [6.07, 6.45) is 23.1. The summed E-state index contributed by atoms with van der Waals surface area (Å²) >= 11 is 0. The Morgan fingerprint density at radius 1 is 0.619 bits per heavy atom. The maximum Gasteiger partial charge on any atom is 0.0466 e. The van der Waals surface area contributed by atoms with Crippen LogP contribution in [0.1, 0.15) is 110 Å². The zero-order chi connectivity index (χ0) is 15.0. The second-order valence-electron chi connectivity index (χ2n) is 7.09. The van der Waals surface area contributed by atoms with Crippen LogP contribution in [0.5, 0.6) is 0 Å². The second-order valence-corrected chi connectivity index (χ2v) is 7.09. The normalized spacial score (nSPS) is 14.7. The average Bonchev–Trinajstić information content (AvgIpc) is 3.31. The van der Waals surface area contributed by atoms with Crippen LogP contribution < -0.4 is 0 Å². The van der Waals surface area contributed by atoms with Crippen molar-refractivity contribution in [2.24, 2.45) is 5.92 Å². The van der Waals surface area contributed by atoms with Gasteiger partial charge in [0, 0.05) is 13.2 Å². The van der Waals surface area contributed by atoms with Gasteiger partial charge in [0.2, 0.25) is 0 Å². The lowest BCUT2D eigenvalue weighted by atomic mass is 10.0. The van der Waals surface area contributed by atoms with Crippen molar-refractivity contribution in [1.29, 1.82) is 0 Å². The molecule has 0 aromatic rings. The van der Waals surface area contributed by atoms with Crippen molar-refractivity contribution in [3.63, 3.8) is 0 Å². The van der Waals surface area contributed by atoms with Gasteiger partial charge in [0.05, 0.1) is 0 Å². The van der Waals surface area contributed by atoms with Crippen LogP contribution in [0.2, 0.25) is 0 Å². The number of hydrogen-bond donors (Lipinski definition) is 0. The summed E-state index contributed by atoms with van der Waals surface area (Å²) in [5, 5.41) is 0.